The Kier molecular flexibility index (Phi) is 3.85. The first kappa shape index (κ1) is 13.7. The Morgan fingerprint density at radius 3 is 2.28 bits per heavy atom. The fourth-order valence-corrected chi connectivity index (χ4v) is 3.00. The quantitative estimate of drug-likeness (QED) is 0.795. The molecule has 0 aromatic rings. The molecule has 2 N–H and O–H groups in total. The fourth-order valence-electron chi connectivity index (χ4n) is 3.00. The molecule has 1 saturated carbocycles. The van der Waals surface area contributed by atoms with Crippen LogP contribution in [0.2, 0.25) is 0 Å². The topological polar surface area (TPSA) is 50.4 Å². The molecule has 0 bridgehead atoms. The summed E-state index contributed by atoms with van der Waals surface area (Å²) in [6, 6.07) is 0. The number of hydrogen-bond donors (Lipinski definition) is 2. The molecule has 4 nitrogen and oxygen atoms in total. The normalized spacial score (nSPS) is 24.2. The summed E-state index contributed by atoms with van der Waals surface area (Å²) < 4.78 is 5.41. The average molecular weight is 254 g/mol. The lowest BCUT2D eigenvalue weighted by atomic mass is 9.70. The highest BCUT2D eigenvalue weighted by molar-refractivity contribution is 5.69. The predicted molar refractivity (Wildman–Crippen MR) is 71.5 cm³/mol. The van der Waals surface area contributed by atoms with Crippen molar-refractivity contribution in [3.05, 3.63) is 0 Å². The highest BCUT2D eigenvalue weighted by Gasteiger charge is 2.44. The summed E-state index contributed by atoms with van der Waals surface area (Å²) in [6.07, 6.45) is 5.66. The molecule has 2 fully saturated rings. The second-order valence-electron chi connectivity index (χ2n) is 6.70. The predicted octanol–water partition coefficient (Wildman–Crippen LogP) is 2.43. The molecule has 2 rings (SSSR count). The third kappa shape index (κ3) is 3.16. The Hall–Kier alpha value is -0.770. The number of rotatable bonds is 2. The first-order valence-electron chi connectivity index (χ1n) is 7.13. The van der Waals surface area contributed by atoms with Gasteiger partial charge in [-0.25, -0.2) is 4.79 Å². The Morgan fingerprint density at radius 1 is 1.22 bits per heavy atom. The van der Waals surface area contributed by atoms with Crippen molar-refractivity contribution in [2.45, 2.75) is 64.0 Å². The van der Waals surface area contributed by atoms with E-state index < -0.39 is 5.60 Å². The minimum Gasteiger partial charge on any atom is -0.444 e. The van der Waals surface area contributed by atoms with E-state index >= 15 is 0 Å². The van der Waals surface area contributed by atoms with E-state index in [1.54, 1.807) is 0 Å². The lowest BCUT2D eigenvalue weighted by Gasteiger charge is -2.48. The molecule has 0 radical (unpaired) electrons. The monoisotopic (exact) mass is 254 g/mol. The molecule has 1 aliphatic carbocycles. The van der Waals surface area contributed by atoms with Gasteiger partial charge in [-0.1, -0.05) is 19.3 Å². The van der Waals surface area contributed by atoms with Gasteiger partial charge in [0.15, 0.2) is 0 Å². The molecule has 0 unspecified atom stereocenters. The summed E-state index contributed by atoms with van der Waals surface area (Å²) in [4.78, 5) is 12.0. The van der Waals surface area contributed by atoms with E-state index in [9.17, 15) is 4.79 Å². The molecule has 0 aromatic heterocycles. The molecule has 1 aliphatic heterocycles. The van der Waals surface area contributed by atoms with Gasteiger partial charge in [0.2, 0.25) is 0 Å². The second-order valence-corrected chi connectivity index (χ2v) is 6.70. The standard InChI is InChI=1S/C14H26N2O2/c1-13(2,3)18-12(17)16-14(11-9-15-10-11)7-5-4-6-8-14/h11,15H,4-10H2,1-3H3,(H,16,17). The largest absolute Gasteiger partial charge is 0.444 e. The number of ether oxygens (including phenoxy) is 1. The first-order chi connectivity index (χ1) is 8.41. The van der Waals surface area contributed by atoms with Crippen LogP contribution in [0.5, 0.6) is 0 Å². The van der Waals surface area contributed by atoms with Crippen LogP contribution in [0.3, 0.4) is 0 Å². The molecule has 1 saturated heterocycles. The molecular weight excluding hydrogens is 228 g/mol. The van der Waals surface area contributed by atoms with E-state index in [1.807, 2.05) is 20.8 Å². The van der Waals surface area contributed by atoms with Crippen LogP contribution < -0.4 is 10.6 Å². The maximum atomic E-state index is 12.0. The van der Waals surface area contributed by atoms with E-state index in [2.05, 4.69) is 10.6 Å². The Morgan fingerprint density at radius 2 is 1.83 bits per heavy atom. The maximum absolute atomic E-state index is 12.0. The van der Waals surface area contributed by atoms with E-state index in [0.717, 1.165) is 25.9 Å². The van der Waals surface area contributed by atoms with Crippen molar-refractivity contribution in [3.8, 4) is 0 Å². The van der Waals surface area contributed by atoms with Crippen molar-refractivity contribution in [1.29, 1.82) is 0 Å². The summed E-state index contributed by atoms with van der Waals surface area (Å²) in [5, 5.41) is 6.50. The summed E-state index contributed by atoms with van der Waals surface area (Å²) in [5.74, 6) is 0.574. The van der Waals surface area contributed by atoms with Crippen molar-refractivity contribution in [1.82, 2.24) is 10.6 Å². The average Bonchev–Trinajstić information content (AvgIpc) is 2.11. The Balaban J connectivity index is 1.98. The third-order valence-electron chi connectivity index (χ3n) is 4.06. The zero-order valence-electron chi connectivity index (χ0n) is 11.8. The van der Waals surface area contributed by atoms with E-state index in [-0.39, 0.29) is 11.6 Å². The zero-order chi connectivity index (χ0) is 13.2. The summed E-state index contributed by atoms with van der Waals surface area (Å²) in [6.45, 7) is 7.77. The number of carbonyl (C=O) groups is 1. The molecule has 0 spiro atoms. The van der Waals surface area contributed by atoms with E-state index in [0.29, 0.717) is 5.92 Å². The van der Waals surface area contributed by atoms with Crippen LogP contribution in [-0.4, -0.2) is 30.3 Å². The molecule has 2 aliphatic rings. The maximum Gasteiger partial charge on any atom is 0.408 e. The Bertz CT molecular complexity index is 299. The van der Waals surface area contributed by atoms with Crippen molar-refractivity contribution >= 4 is 6.09 Å². The van der Waals surface area contributed by atoms with Gasteiger partial charge < -0.3 is 15.4 Å². The van der Waals surface area contributed by atoms with E-state index in [1.165, 1.54) is 19.3 Å². The molecule has 0 aromatic carbocycles. The lowest BCUT2D eigenvalue weighted by molar-refractivity contribution is 0.0294. The van der Waals surface area contributed by atoms with Crippen LogP contribution in [-0.2, 0) is 4.74 Å². The van der Waals surface area contributed by atoms with Crippen LogP contribution >= 0.6 is 0 Å². The van der Waals surface area contributed by atoms with Gasteiger partial charge in [0, 0.05) is 24.5 Å². The molecule has 1 heterocycles. The third-order valence-corrected chi connectivity index (χ3v) is 4.06. The summed E-state index contributed by atoms with van der Waals surface area (Å²) >= 11 is 0. The highest BCUT2D eigenvalue weighted by Crippen LogP contribution is 2.36. The highest BCUT2D eigenvalue weighted by atomic mass is 16.6. The van der Waals surface area contributed by atoms with Crippen LogP contribution in [0.4, 0.5) is 4.79 Å². The second kappa shape index (κ2) is 5.08. The van der Waals surface area contributed by atoms with Gasteiger partial charge in [0.25, 0.3) is 0 Å². The van der Waals surface area contributed by atoms with Gasteiger partial charge in [0.1, 0.15) is 5.60 Å². The number of carbonyl (C=O) groups excluding carboxylic acids is 1. The molecular formula is C14H26N2O2. The van der Waals surface area contributed by atoms with Gasteiger partial charge in [0.05, 0.1) is 0 Å². The van der Waals surface area contributed by atoms with Crippen LogP contribution in [0.15, 0.2) is 0 Å². The van der Waals surface area contributed by atoms with Crippen LogP contribution in [0, 0.1) is 5.92 Å². The SMILES string of the molecule is CC(C)(C)OC(=O)NC1(C2CNC2)CCCCC1. The Labute approximate surface area is 110 Å². The molecule has 104 valence electrons. The molecule has 0 atom stereocenters. The van der Waals surface area contributed by atoms with Crippen molar-refractivity contribution in [3.63, 3.8) is 0 Å². The van der Waals surface area contributed by atoms with Crippen molar-refractivity contribution in [2.75, 3.05) is 13.1 Å². The van der Waals surface area contributed by atoms with Crippen LogP contribution in [0.25, 0.3) is 0 Å². The minimum absolute atomic E-state index is 0.0220. The number of amides is 1. The number of alkyl carbamates (subject to hydrolysis) is 1. The summed E-state index contributed by atoms with van der Waals surface area (Å²) in [7, 11) is 0. The van der Waals surface area contributed by atoms with Gasteiger partial charge in [-0.15, -0.1) is 0 Å². The molecule has 4 heteroatoms. The number of nitrogens with one attached hydrogen (secondary N) is 2. The summed E-state index contributed by atoms with van der Waals surface area (Å²) in [5.41, 5.74) is -0.441. The molecule has 1 amide bonds. The van der Waals surface area contributed by atoms with Gasteiger partial charge >= 0.3 is 6.09 Å². The van der Waals surface area contributed by atoms with Crippen LogP contribution in [0.1, 0.15) is 52.9 Å². The lowest BCUT2D eigenvalue weighted by Crippen LogP contribution is -2.64. The van der Waals surface area contributed by atoms with Gasteiger partial charge in [-0.05, 0) is 33.6 Å². The number of hydrogen-bond acceptors (Lipinski definition) is 3. The van der Waals surface area contributed by atoms with Crippen molar-refractivity contribution in [2.24, 2.45) is 5.92 Å². The minimum atomic E-state index is -0.419. The zero-order valence-corrected chi connectivity index (χ0v) is 11.8. The van der Waals surface area contributed by atoms with Crippen molar-refractivity contribution < 1.29 is 9.53 Å². The van der Waals surface area contributed by atoms with E-state index in [4.69, 9.17) is 4.74 Å². The first-order valence-corrected chi connectivity index (χ1v) is 7.13. The molecule has 18 heavy (non-hydrogen) atoms. The van der Waals surface area contributed by atoms with Gasteiger partial charge in [-0.2, -0.15) is 0 Å². The van der Waals surface area contributed by atoms with Gasteiger partial charge in [-0.3, -0.25) is 0 Å². The smallest absolute Gasteiger partial charge is 0.408 e. The fraction of sp³-hybridized carbons (Fsp3) is 0.929.